The van der Waals surface area contributed by atoms with Crippen molar-refractivity contribution in [3.63, 3.8) is 0 Å². The minimum Gasteiger partial charge on any atom is -0.218 e. The maximum atomic E-state index is 4.50. The summed E-state index contributed by atoms with van der Waals surface area (Å²) in [4.78, 5) is 8.43. The second-order valence-electron chi connectivity index (χ2n) is 4.12. The van der Waals surface area contributed by atoms with Gasteiger partial charge in [-0.25, -0.2) is 9.67 Å². The highest BCUT2D eigenvalue weighted by Crippen LogP contribution is 2.23. The Morgan fingerprint density at radius 2 is 2.00 bits per heavy atom. The van der Waals surface area contributed by atoms with E-state index in [9.17, 15) is 0 Å². The summed E-state index contributed by atoms with van der Waals surface area (Å²) in [6.45, 7) is 5.89. The second-order valence-corrected chi connectivity index (χ2v) is 4.92. The van der Waals surface area contributed by atoms with Crippen molar-refractivity contribution in [2.75, 3.05) is 0 Å². The molecule has 7 heteroatoms. The van der Waals surface area contributed by atoms with Crippen molar-refractivity contribution in [1.82, 2.24) is 29.4 Å². The van der Waals surface area contributed by atoms with E-state index in [2.05, 4.69) is 36.1 Å². The maximum Gasteiger partial charge on any atom is 0.254 e. The van der Waals surface area contributed by atoms with Crippen molar-refractivity contribution in [3.8, 4) is 5.82 Å². The van der Waals surface area contributed by atoms with E-state index in [1.807, 2.05) is 31.5 Å². The van der Waals surface area contributed by atoms with Gasteiger partial charge >= 0.3 is 0 Å². The van der Waals surface area contributed by atoms with Gasteiger partial charge in [-0.3, -0.25) is 0 Å². The van der Waals surface area contributed by atoms with E-state index in [4.69, 9.17) is 0 Å². The minimum absolute atomic E-state index is 0.577. The second kappa shape index (κ2) is 3.88. The molecule has 0 aliphatic heterocycles. The van der Waals surface area contributed by atoms with Gasteiger partial charge in [-0.05, 0) is 36.7 Å². The minimum atomic E-state index is 0.577. The normalized spacial score (nSPS) is 11.3. The molecule has 0 aliphatic rings. The van der Waals surface area contributed by atoms with Gasteiger partial charge in [0.1, 0.15) is 6.33 Å². The summed E-state index contributed by atoms with van der Waals surface area (Å²) in [5.41, 5.74) is 2.85. The summed E-state index contributed by atoms with van der Waals surface area (Å²) in [6, 6.07) is 1.94. The fourth-order valence-corrected chi connectivity index (χ4v) is 2.16. The maximum absolute atomic E-state index is 4.50. The quantitative estimate of drug-likeness (QED) is 0.690. The van der Waals surface area contributed by atoms with Crippen LogP contribution in [0, 0.1) is 20.8 Å². The van der Waals surface area contributed by atoms with Gasteiger partial charge in [-0.15, -0.1) is 0 Å². The molecule has 0 N–H and O–H groups in total. The van der Waals surface area contributed by atoms with Crippen molar-refractivity contribution in [3.05, 3.63) is 33.9 Å². The van der Waals surface area contributed by atoms with Crippen LogP contribution in [0.3, 0.4) is 0 Å². The fourth-order valence-electron chi connectivity index (χ4n) is 1.91. The predicted octanol–water partition coefficient (Wildman–Crippen LogP) is 2.00. The lowest BCUT2D eigenvalue weighted by molar-refractivity contribution is 0.752. The molecule has 0 saturated heterocycles. The van der Waals surface area contributed by atoms with Crippen LogP contribution in [0.2, 0.25) is 0 Å². The molecule has 0 radical (unpaired) electrons. The van der Waals surface area contributed by atoms with Crippen LogP contribution in [-0.2, 0) is 0 Å². The van der Waals surface area contributed by atoms with Crippen LogP contribution >= 0.6 is 15.9 Å². The van der Waals surface area contributed by atoms with Crippen LogP contribution in [0.25, 0.3) is 11.6 Å². The first-order valence-electron chi connectivity index (χ1n) is 5.47. The van der Waals surface area contributed by atoms with Crippen LogP contribution in [0.15, 0.2) is 16.9 Å². The standard InChI is InChI=1S/C11H11BrN6/c1-6-4-9(18-11(15-6)13-5-14-18)17-8(3)10(12)7(2)16-17/h4-5H,1-3H3. The number of nitrogens with zero attached hydrogens (tertiary/aromatic N) is 6. The molecule has 3 aromatic heterocycles. The van der Waals surface area contributed by atoms with Gasteiger partial charge in [0.05, 0.1) is 15.9 Å². The number of aryl methyl sites for hydroxylation is 2. The van der Waals surface area contributed by atoms with Crippen molar-refractivity contribution >= 4 is 21.7 Å². The van der Waals surface area contributed by atoms with Crippen LogP contribution in [0.1, 0.15) is 17.1 Å². The van der Waals surface area contributed by atoms with E-state index in [1.165, 1.54) is 6.33 Å². The van der Waals surface area contributed by atoms with Crippen LogP contribution in [-0.4, -0.2) is 29.4 Å². The summed E-state index contributed by atoms with van der Waals surface area (Å²) < 4.78 is 4.53. The van der Waals surface area contributed by atoms with Gasteiger partial charge in [-0.1, -0.05) is 0 Å². The van der Waals surface area contributed by atoms with E-state index < -0.39 is 0 Å². The zero-order valence-corrected chi connectivity index (χ0v) is 11.8. The number of rotatable bonds is 1. The Morgan fingerprint density at radius 1 is 1.22 bits per heavy atom. The van der Waals surface area contributed by atoms with Crippen LogP contribution in [0.4, 0.5) is 0 Å². The first kappa shape index (κ1) is 11.3. The number of hydrogen-bond donors (Lipinski definition) is 0. The SMILES string of the molecule is Cc1cc(-n2nc(C)c(Br)c2C)n2ncnc2n1. The van der Waals surface area contributed by atoms with Crippen LogP contribution < -0.4 is 0 Å². The Morgan fingerprint density at radius 3 is 2.67 bits per heavy atom. The van der Waals surface area contributed by atoms with E-state index >= 15 is 0 Å². The van der Waals surface area contributed by atoms with Crippen molar-refractivity contribution in [1.29, 1.82) is 0 Å². The Kier molecular flexibility index (Phi) is 2.44. The zero-order chi connectivity index (χ0) is 12.9. The molecule has 6 nitrogen and oxygen atoms in total. The summed E-state index contributed by atoms with van der Waals surface area (Å²) in [5, 5.41) is 8.69. The molecule has 0 unspecified atom stereocenters. The number of aromatic nitrogens is 6. The van der Waals surface area contributed by atoms with Crippen molar-refractivity contribution in [2.24, 2.45) is 0 Å². The first-order valence-corrected chi connectivity index (χ1v) is 6.26. The number of hydrogen-bond acceptors (Lipinski definition) is 4. The largest absolute Gasteiger partial charge is 0.254 e. The molecule has 3 heterocycles. The molecule has 0 bridgehead atoms. The van der Waals surface area contributed by atoms with E-state index in [1.54, 1.807) is 4.52 Å². The summed E-state index contributed by atoms with van der Waals surface area (Å²) in [5.74, 6) is 1.41. The molecule has 0 saturated carbocycles. The Labute approximate surface area is 112 Å². The summed E-state index contributed by atoms with van der Waals surface area (Å²) >= 11 is 3.53. The fraction of sp³-hybridized carbons (Fsp3) is 0.273. The molecule has 18 heavy (non-hydrogen) atoms. The molecule has 0 aliphatic carbocycles. The highest BCUT2D eigenvalue weighted by atomic mass is 79.9. The molecule has 0 atom stereocenters. The lowest BCUT2D eigenvalue weighted by Gasteiger charge is -2.07. The Balaban J connectivity index is 2.37. The zero-order valence-electron chi connectivity index (χ0n) is 10.2. The van der Waals surface area contributed by atoms with Gasteiger partial charge in [0.15, 0.2) is 5.82 Å². The Hall–Kier alpha value is -1.76. The summed E-state index contributed by atoms with van der Waals surface area (Å²) in [6.07, 6.45) is 1.49. The van der Waals surface area contributed by atoms with Crippen LogP contribution in [0.5, 0.6) is 0 Å². The highest BCUT2D eigenvalue weighted by Gasteiger charge is 2.14. The average Bonchev–Trinajstić information content (AvgIpc) is 2.88. The average molecular weight is 307 g/mol. The van der Waals surface area contributed by atoms with Gasteiger partial charge in [0.2, 0.25) is 0 Å². The van der Waals surface area contributed by atoms with E-state index in [0.717, 1.165) is 27.4 Å². The lowest BCUT2D eigenvalue weighted by Crippen LogP contribution is -2.08. The van der Waals surface area contributed by atoms with Gasteiger partial charge in [0.25, 0.3) is 5.78 Å². The first-order chi connectivity index (χ1) is 8.58. The number of halogens is 1. The Bertz CT molecular complexity index is 741. The van der Waals surface area contributed by atoms with Gasteiger partial charge in [0, 0.05) is 11.8 Å². The topological polar surface area (TPSA) is 60.9 Å². The third-order valence-corrected chi connectivity index (χ3v) is 3.93. The molecule has 0 aromatic carbocycles. The predicted molar refractivity (Wildman–Crippen MR) is 69.8 cm³/mol. The molecule has 0 amide bonds. The van der Waals surface area contributed by atoms with E-state index in [0.29, 0.717) is 5.78 Å². The molecular weight excluding hydrogens is 296 g/mol. The molecular formula is C11H11BrN6. The molecule has 3 rings (SSSR count). The molecule has 3 aromatic rings. The highest BCUT2D eigenvalue weighted by molar-refractivity contribution is 9.10. The third kappa shape index (κ3) is 1.54. The summed E-state index contributed by atoms with van der Waals surface area (Å²) in [7, 11) is 0. The van der Waals surface area contributed by atoms with Crippen molar-refractivity contribution in [2.45, 2.75) is 20.8 Å². The van der Waals surface area contributed by atoms with Crippen molar-refractivity contribution < 1.29 is 0 Å². The monoisotopic (exact) mass is 306 g/mol. The number of fused-ring (bicyclic) bond motifs is 1. The lowest BCUT2D eigenvalue weighted by atomic mass is 10.4. The smallest absolute Gasteiger partial charge is 0.218 e. The van der Waals surface area contributed by atoms with E-state index in [-0.39, 0.29) is 0 Å². The molecule has 92 valence electrons. The van der Waals surface area contributed by atoms with Gasteiger partial charge in [-0.2, -0.15) is 19.7 Å². The third-order valence-electron chi connectivity index (χ3n) is 2.78. The van der Waals surface area contributed by atoms with Gasteiger partial charge < -0.3 is 0 Å². The molecule has 0 fully saturated rings. The molecule has 0 spiro atoms.